The lowest BCUT2D eigenvalue weighted by atomic mass is 9.91. The molecule has 1 rings (SSSR count). The summed E-state index contributed by atoms with van der Waals surface area (Å²) >= 11 is 0. The second kappa shape index (κ2) is 12.0. The van der Waals surface area contributed by atoms with E-state index in [0.29, 0.717) is 25.6 Å². The third-order valence-corrected chi connectivity index (χ3v) is 4.18. The van der Waals surface area contributed by atoms with Crippen LogP contribution in [0.2, 0.25) is 0 Å². The Morgan fingerprint density at radius 1 is 1.19 bits per heavy atom. The molecule has 1 aliphatic rings. The Hall–Kier alpha value is -0.610. The highest BCUT2D eigenvalue weighted by atomic mass is 16.5. The van der Waals surface area contributed by atoms with Crippen LogP contribution in [-0.2, 0) is 14.3 Å². The number of aliphatic hydroxyl groups excluding tert-OH is 1. The second-order valence-corrected chi connectivity index (χ2v) is 6.07. The SMILES string of the molecule is CCCCCC(=O)OCCCCCCC1CCOCC1O. The predicted octanol–water partition coefficient (Wildman–Crippen LogP) is 3.46. The number of esters is 1. The Morgan fingerprint density at radius 2 is 2.00 bits per heavy atom. The van der Waals surface area contributed by atoms with Crippen molar-refractivity contribution in [2.45, 2.75) is 77.2 Å². The predicted molar refractivity (Wildman–Crippen MR) is 83.1 cm³/mol. The van der Waals surface area contributed by atoms with Crippen LogP contribution in [-0.4, -0.2) is 37.0 Å². The van der Waals surface area contributed by atoms with Gasteiger partial charge in [-0.3, -0.25) is 4.79 Å². The maximum Gasteiger partial charge on any atom is 0.305 e. The summed E-state index contributed by atoms with van der Waals surface area (Å²) in [6, 6.07) is 0. The van der Waals surface area contributed by atoms with Crippen molar-refractivity contribution in [3.63, 3.8) is 0 Å². The van der Waals surface area contributed by atoms with Gasteiger partial charge in [0.15, 0.2) is 0 Å². The van der Waals surface area contributed by atoms with E-state index in [1.165, 1.54) is 0 Å². The number of ether oxygens (including phenoxy) is 2. The zero-order valence-corrected chi connectivity index (χ0v) is 13.5. The topological polar surface area (TPSA) is 55.8 Å². The Balaban J connectivity index is 1.87. The van der Waals surface area contributed by atoms with Crippen LogP contribution >= 0.6 is 0 Å². The quantitative estimate of drug-likeness (QED) is 0.469. The first kappa shape index (κ1) is 18.4. The molecule has 2 unspecified atom stereocenters. The number of hydrogen-bond donors (Lipinski definition) is 1. The molecule has 1 saturated heterocycles. The first-order valence-corrected chi connectivity index (χ1v) is 8.65. The van der Waals surface area contributed by atoms with E-state index in [0.717, 1.165) is 64.4 Å². The number of rotatable bonds is 11. The standard InChI is InChI=1S/C17H32O4/c1-2-3-6-10-17(19)21-12-8-5-4-7-9-15-11-13-20-14-16(15)18/h15-16,18H,2-14H2,1H3. The van der Waals surface area contributed by atoms with Gasteiger partial charge in [0.2, 0.25) is 0 Å². The summed E-state index contributed by atoms with van der Waals surface area (Å²) in [5.41, 5.74) is 0. The van der Waals surface area contributed by atoms with Crippen LogP contribution in [0.5, 0.6) is 0 Å². The molecule has 124 valence electrons. The van der Waals surface area contributed by atoms with Crippen molar-refractivity contribution < 1.29 is 19.4 Å². The lowest BCUT2D eigenvalue weighted by molar-refractivity contribution is -0.143. The smallest absolute Gasteiger partial charge is 0.305 e. The molecule has 0 spiro atoms. The first-order chi connectivity index (χ1) is 10.2. The summed E-state index contributed by atoms with van der Waals surface area (Å²) in [5, 5.41) is 9.78. The van der Waals surface area contributed by atoms with Crippen LogP contribution in [0.1, 0.15) is 71.1 Å². The van der Waals surface area contributed by atoms with E-state index in [4.69, 9.17) is 9.47 Å². The molecule has 0 aromatic rings. The van der Waals surface area contributed by atoms with Gasteiger partial charge in [-0.15, -0.1) is 0 Å². The van der Waals surface area contributed by atoms with Gasteiger partial charge in [-0.25, -0.2) is 0 Å². The summed E-state index contributed by atoms with van der Waals surface area (Å²) in [7, 11) is 0. The van der Waals surface area contributed by atoms with Crippen molar-refractivity contribution >= 4 is 5.97 Å². The number of hydrogen-bond acceptors (Lipinski definition) is 4. The third kappa shape index (κ3) is 9.10. The molecule has 0 saturated carbocycles. The molecule has 0 aromatic carbocycles. The average Bonchev–Trinajstić information content (AvgIpc) is 2.48. The van der Waals surface area contributed by atoms with Crippen molar-refractivity contribution in [3.8, 4) is 0 Å². The fraction of sp³-hybridized carbons (Fsp3) is 0.941. The van der Waals surface area contributed by atoms with Crippen LogP contribution in [0.3, 0.4) is 0 Å². The maximum absolute atomic E-state index is 11.4. The van der Waals surface area contributed by atoms with Gasteiger partial charge in [-0.05, 0) is 31.6 Å². The molecule has 0 bridgehead atoms. The highest BCUT2D eigenvalue weighted by molar-refractivity contribution is 5.69. The number of unbranched alkanes of at least 4 members (excludes halogenated alkanes) is 5. The van der Waals surface area contributed by atoms with E-state index in [1.54, 1.807) is 0 Å². The normalized spacial score (nSPS) is 22.2. The minimum Gasteiger partial charge on any atom is -0.466 e. The second-order valence-electron chi connectivity index (χ2n) is 6.07. The van der Waals surface area contributed by atoms with Crippen molar-refractivity contribution in [3.05, 3.63) is 0 Å². The molecule has 21 heavy (non-hydrogen) atoms. The maximum atomic E-state index is 11.4. The average molecular weight is 300 g/mol. The largest absolute Gasteiger partial charge is 0.466 e. The summed E-state index contributed by atoms with van der Waals surface area (Å²) in [5.74, 6) is 0.365. The molecule has 1 fully saturated rings. The molecule has 0 aromatic heterocycles. The van der Waals surface area contributed by atoms with Crippen LogP contribution in [0.15, 0.2) is 0 Å². The van der Waals surface area contributed by atoms with Gasteiger partial charge in [0.1, 0.15) is 0 Å². The lowest BCUT2D eigenvalue weighted by Gasteiger charge is -2.27. The number of aliphatic hydroxyl groups is 1. The molecule has 4 nitrogen and oxygen atoms in total. The van der Waals surface area contributed by atoms with Gasteiger partial charge in [-0.2, -0.15) is 0 Å². The zero-order chi connectivity index (χ0) is 15.3. The molecule has 2 atom stereocenters. The van der Waals surface area contributed by atoms with Crippen molar-refractivity contribution in [1.29, 1.82) is 0 Å². The van der Waals surface area contributed by atoms with Gasteiger partial charge in [-0.1, -0.05) is 39.0 Å². The molecule has 1 aliphatic heterocycles. The van der Waals surface area contributed by atoms with E-state index in [-0.39, 0.29) is 12.1 Å². The third-order valence-electron chi connectivity index (χ3n) is 4.18. The highest BCUT2D eigenvalue weighted by Gasteiger charge is 2.22. The summed E-state index contributed by atoms with van der Waals surface area (Å²) in [4.78, 5) is 11.4. The summed E-state index contributed by atoms with van der Waals surface area (Å²) < 4.78 is 10.4. The first-order valence-electron chi connectivity index (χ1n) is 8.65. The van der Waals surface area contributed by atoms with Crippen LogP contribution < -0.4 is 0 Å². The molecule has 4 heteroatoms. The number of carbonyl (C=O) groups excluding carboxylic acids is 1. The Kier molecular flexibility index (Phi) is 10.5. The highest BCUT2D eigenvalue weighted by Crippen LogP contribution is 2.22. The van der Waals surface area contributed by atoms with Crippen molar-refractivity contribution in [2.75, 3.05) is 19.8 Å². The Morgan fingerprint density at radius 3 is 2.76 bits per heavy atom. The summed E-state index contributed by atoms with van der Waals surface area (Å²) in [6.45, 7) is 3.98. The van der Waals surface area contributed by atoms with Gasteiger partial charge < -0.3 is 14.6 Å². The molecule has 1 N–H and O–H groups in total. The van der Waals surface area contributed by atoms with Crippen LogP contribution in [0, 0.1) is 5.92 Å². The minimum absolute atomic E-state index is 0.0474. The van der Waals surface area contributed by atoms with Gasteiger partial charge in [0.05, 0.1) is 19.3 Å². The van der Waals surface area contributed by atoms with Gasteiger partial charge >= 0.3 is 5.97 Å². The van der Waals surface area contributed by atoms with E-state index in [1.807, 2.05) is 0 Å². The van der Waals surface area contributed by atoms with Crippen molar-refractivity contribution in [1.82, 2.24) is 0 Å². The molecule has 1 heterocycles. The Labute approximate surface area is 129 Å². The van der Waals surface area contributed by atoms with E-state index < -0.39 is 0 Å². The zero-order valence-electron chi connectivity index (χ0n) is 13.5. The van der Waals surface area contributed by atoms with Gasteiger partial charge in [0.25, 0.3) is 0 Å². The molecule has 0 radical (unpaired) electrons. The Bertz CT molecular complexity index is 268. The fourth-order valence-electron chi connectivity index (χ4n) is 2.74. The van der Waals surface area contributed by atoms with Crippen molar-refractivity contribution in [2.24, 2.45) is 5.92 Å². The van der Waals surface area contributed by atoms with E-state index in [9.17, 15) is 9.90 Å². The van der Waals surface area contributed by atoms with Gasteiger partial charge in [0, 0.05) is 13.0 Å². The fourth-order valence-corrected chi connectivity index (χ4v) is 2.74. The molecular weight excluding hydrogens is 268 g/mol. The molecule has 0 amide bonds. The minimum atomic E-state index is -0.275. The van der Waals surface area contributed by atoms with Crippen LogP contribution in [0.25, 0.3) is 0 Å². The monoisotopic (exact) mass is 300 g/mol. The van der Waals surface area contributed by atoms with E-state index in [2.05, 4.69) is 6.92 Å². The van der Waals surface area contributed by atoms with Crippen LogP contribution in [0.4, 0.5) is 0 Å². The summed E-state index contributed by atoms with van der Waals surface area (Å²) in [6.07, 6.45) is 9.89. The molecular formula is C17H32O4. The molecule has 0 aliphatic carbocycles. The van der Waals surface area contributed by atoms with E-state index >= 15 is 0 Å². The lowest BCUT2D eigenvalue weighted by Crippen LogP contribution is -2.32. The number of carbonyl (C=O) groups is 1.